The second kappa shape index (κ2) is 8.91. The van der Waals surface area contributed by atoms with Crippen molar-refractivity contribution in [1.29, 1.82) is 0 Å². The lowest BCUT2D eigenvalue weighted by Crippen LogP contribution is -2.30. The van der Waals surface area contributed by atoms with Crippen molar-refractivity contribution in [2.45, 2.75) is 31.8 Å². The maximum atomic E-state index is 12.5. The summed E-state index contributed by atoms with van der Waals surface area (Å²) in [5.41, 5.74) is 2.12. The molecule has 1 amide bonds. The lowest BCUT2D eigenvalue weighted by atomic mass is 10.2. The highest BCUT2D eigenvalue weighted by Crippen LogP contribution is 2.18. The molecule has 3 aromatic rings. The summed E-state index contributed by atoms with van der Waals surface area (Å²) in [6.07, 6.45) is 0.745. The van der Waals surface area contributed by atoms with E-state index in [4.69, 9.17) is 4.74 Å². The van der Waals surface area contributed by atoms with Gasteiger partial charge in [-0.2, -0.15) is 0 Å². The van der Waals surface area contributed by atoms with Crippen LogP contribution in [0.2, 0.25) is 0 Å². The van der Waals surface area contributed by atoms with Crippen LogP contribution in [0.5, 0.6) is 5.75 Å². The summed E-state index contributed by atoms with van der Waals surface area (Å²) in [6, 6.07) is 14.9. The molecule has 1 aromatic heterocycles. The van der Waals surface area contributed by atoms with Gasteiger partial charge in [0, 0.05) is 17.6 Å². The summed E-state index contributed by atoms with van der Waals surface area (Å²) >= 11 is 0. The zero-order valence-electron chi connectivity index (χ0n) is 16.8. The number of sulfonamides is 1. The number of hydrogen-bond acceptors (Lipinski definition) is 6. The van der Waals surface area contributed by atoms with E-state index in [9.17, 15) is 13.2 Å². The van der Waals surface area contributed by atoms with Crippen molar-refractivity contribution >= 4 is 27.6 Å². The lowest BCUT2D eigenvalue weighted by Gasteiger charge is -2.15. The van der Waals surface area contributed by atoms with Crippen molar-refractivity contribution in [3.8, 4) is 5.75 Å². The number of nitrogens with one attached hydrogen (secondary N) is 2. The fraction of sp³-hybridized carbons (Fsp3) is 0.190. The molecule has 0 fully saturated rings. The maximum absolute atomic E-state index is 12.5. The Bertz CT molecular complexity index is 1150. The number of rotatable bonds is 7. The number of aromatic nitrogens is 2. The summed E-state index contributed by atoms with van der Waals surface area (Å²) in [4.78, 5) is 20.3. The fourth-order valence-corrected chi connectivity index (χ4v) is 3.54. The van der Waals surface area contributed by atoms with E-state index >= 15 is 0 Å². The molecule has 0 unspecified atom stereocenters. The molecule has 0 aliphatic carbocycles. The third-order valence-electron chi connectivity index (χ3n) is 4.12. The number of carbonyl (C=O) groups excluding carboxylic acids is 1. The van der Waals surface area contributed by atoms with Crippen LogP contribution in [0, 0.1) is 13.8 Å². The highest BCUT2D eigenvalue weighted by atomic mass is 32.2. The summed E-state index contributed by atoms with van der Waals surface area (Å²) in [6.45, 7) is 5.32. The summed E-state index contributed by atoms with van der Waals surface area (Å²) in [5, 5.41) is 2.71. The molecule has 30 heavy (non-hydrogen) atoms. The summed E-state index contributed by atoms with van der Waals surface area (Å²) in [7, 11) is -3.85. The number of carbonyl (C=O) groups is 1. The first-order valence-corrected chi connectivity index (χ1v) is 10.7. The largest absolute Gasteiger partial charge is 0.481 e. The highest BCUT2D eigenvalue weighted by Gasteiger charge is 2.18. The smallest absolute Gasteiger partial charge is 0.265 e. The van der Waals surface area contributed by atoms with Crippen LogP contribution in [0.25, 0.3) is 0 Å². The Hall–Kier alpha value is -3.46. The Kier molecular flexibility index (Phi) is 6.31. The molecule has 3 rings (SSSR count). The van der Waals surface area contributed by atoms with Crippen molar-refractivity contribution < 1.29 is 17.9 Å². The molecular formula is C21H22N4O4S. The molecule has 0 saturated heterocycles. The van der Waals surface area contributed by atoms with Crippen LogP contribution in [0.15, 0.2) is 65.7 Å². The van der Waals surface area contributed by atoms with Crippen LogP contribution in [-0.4, -0.2) is 30.4 Å². The van der Waals surface area contributed by atoms with Crippen molar-refractivity contribution in [3.05, 3.63) is 72.1 Å². The summed E-state index contributed by atoms with van der Waals surface area (Å²) < 4.78 is 33.0. The van der Waals surface area contributed by atoms with Crippen molar-refractivity contribution in [1.82, 2.24) is 9.97 Å². The second-order valence-electron chi connectivity index (χ2n) is 6.72. The minimum absolute atomic E-state index is 0.00509. The average Bonchev–Trinajstić information content (AvgIpc) is 2.68. The van der Waals surface area contributed by atoms with E-state index in [2.05, 4.69) is 20.0 Å². The molecule has 1 heterocycles. The molecule has 9 heteroatoms. The lowest BCUT2D eigenvalue weighted by molar-refractivity contribution is -0.122. The number of aryl methyl sites for hydroxylation is 2. The molecule has 156 valence electrons. The first-order chi connectivity index (χ1) is 14.2. The molecule has 2 aromatic carbocycles. The molecule has 0 bridgehead atoms. The van der Waals surface area contributed by atoms with Gasteiger partial charge >= 0.3 is 0 Å². The van der Waals surface area contributed by atoms with Crippen molar-refractivity contribution in [2.75, 3.05) is 10.0 Å². The molecule has 0 saturated carbocycles. The molecule has 0 spiro atoms. The van der Waals surface area contributed by atoms with Gasteiger partial charge in [-0.1, -0.05) is 12.1 Å². The predicted octanol–water partition coefficient (Wildman–Crippen LogP) is 3.30. The van der Waals surface area contributed by atoms with E-state index in [-0.39, 0.29) is 16.8 Å². The third-order valence-corrected chi connectivity index (χ3v) is 5.47. The van der Waals surface area contributed by atoms with Crippen LogP contribution in [0.3, 0.4) is 0 Å². The normalized spacial score (nSPS) is 12.1. The monoisotopic (exact) mass is 426 g/mol. The number of anilines is 2. The minimum Gasteiger partial charge on any atom is -0.481 e. The number of amides is 1. The maximum Gasteiger partial charge on any atom is 0.265 e. The molecule has 2 N–H and O–H groups in total. The van der Waals surface area contributed by atoms with E-state index in [1.54, 1.807) is 26.0 Å². The first kappa shape index (κ1) is 21.3. The zero-order valence-corrected chi connectivity index (χ0v) is 17.6. The standard InChI is InChI=1S/C21H22N4O4S/c1-14-5-4-6-18(13-14)29-16(3)20(26)24-17-7-9-19(10-8-17)30(27,28)25-21-22-12-11-15(2)23-21/h4-13,16H,1-3H3,(H,24,26)(H,22,23,25)/t16-/m1/s1. The number of ether oxygens (including phenoxy) is 1. The van der Waals surface area contributed by atoms with Crippen molar-refractivity contribution in [3.63, 3.8) is 0 Å². The van der Waals surface area contributed by atoms with Crippen LogP contribution in [0.1, 0.15) is 18.2 Å². The second-order valence-corrected chi connectivity index (χ2v) is 8.40. The van der Waals surface area contributed by atoms with Gasteiger partial charge in [-0.15, -0.1) is 0 Å². The Balaban J connectivity index is 1.64. The topological polar surface area (TPSA) is 110 Å². The molecule has 0 aliphatic rings. The molecular weight excluding hydrogens is 404 g/mol. The third kappa shape index (κ3) is 5.54. The highest BCUT2D eigenvalue weighted by molar-refractivity contribution is 7.92. The van der Waals surface area contributed by atoms with Crippen LogP contribution in [-0.2, 0) is 14.8 Å². The number of nitrogens with zero attached hydrogens (tertiary/aromatic N) is 2. The first-order valence-electron chi connectivity index (χ1n) is 9.20. The SMILES string of the molecule is Cc1cccc(O[C@H](C)C(=O)Nc2ccc(S(=O)(=O)Nc3nccc(C)n3)cc2)c1. The van der Waals surface area contributed by atoms with Gasteiger partial charge in [-0.25, -0.2) is 23.1 Å². The predicted molar refractivity (Wildman–Crippen MR) is 114 cm³/mol. The van der Waals surface area contributed by atoms with Gasteiger partial charge in [0.1, 0.15) is 5.75 Å². The average molecular weight is 426 g/mol. The van der Waals surface area contributed by atoms with E-state index < -0.39 is 16.1 Å². The number of benzene rings is 2. The van der Waals surface area contributed by atoms with Crippen molar-refractivity contribution in [2.24, 2.45) is 0 Å². The van der Waals surface area contributed by atoms with Crippen LogP contribution >= 0.6 is 0 Å². The van der Waals surface area contributed by atoms with Gasteiger partial charge in [-0.3, -0.25) is 4.79 Å². The van der Waals surface area contributed by atoms with E-state index in [1.165, 1.54) is 30.5 Å². The van der Waals surface area contributed by atoms with Crippen LogP contribution < -0.4 is 14.8 Å². The van der Waals surface area contributed by atoms with Crippen LogP contribution in [0.4, 0.5) is 11.6 Å². The quantitative estimate of drug-likeness (QED) is 0.600. The summed E-state index contributed by atoms with van der Waals surface area (Å²) in [5.74, 6) is 0.247. The Morgan fingerprint density at radius 3 is 2.47 bits per heavy atom. The minimum atomic E-state index is -3.85. The van der Waals surface area contributed by atoms with Gasteiger partial charge in [0.25, 0.3) is 15.9 Å². The number of hydrogen-bond donors (Lipinski definition) is 2. The van der Waals surface area contributed by atoms with Gasteiger partial charge in [0.15, 0.2) is 6.10 Å². The molecule has 0 aliphatic heterocycles. The molecule has 8 nitrogen and oxygen atoms in total. The van der Waals surface area contributed by atoms with E-state index in [1.807, 2.05) is 25.1 Å². The Labute approximate surface area is 175 Å². The Morgan fingerprint density at radius 1 is 1.07 bits per heavy atom. The van der Waals surface area contributed by atoms with Gasteiger partial charge in [0.2, 0.25) is 5.95 Å². The van der Waals surface area contributed by atoms with Gasteiger partial charge in [0.05, 0.1) is 4.90 Å². The molecule has 0 radical (unpaired) electrons. The van der Waals surface area contributed by atoms with Gasteiger partial charge < -0.3 is 10.1 Å². The Morgan fingerprint density at radius 2 is 1.80 bits per heavy atom. The van der Waals surface area contributed by atoms with Gasteiger partial charge in [-0.05, 0) is 68.8 Å². The van der Waals surface area contributed by atoms with E-state index in [0.717, 1.165) is 5.56 Å². The molecule has 1 atom stereocenters. The fourth-order valence-electron chi connectivity index (χ4n) is 2.58. The zero-order chi connectivity index (χ0) is 21.7. The van der Waals surface area contributed by atoms with E-state index in [0.29, 0.717) is 17.1 Å².